The van der Waals surface area contributed by atoms with Gasteiger partial charge in [0.1, 0.15) is 0 Å². The largest absolute Gasteiger partial charge is 0.481 e. The second-order valence-electron chi connectivity index (χ2n) is 7.03. The summed E-state index contributed by atoms with van der Waals surface area (Å²) in [6, 6.07) is 0. The molecule has 1 rings (SSSR count). The fourth-order valence-electron chi connectivity index (χ4n) is 3.39. The van der Waals surface area contributed by atoms with E-state index in [2.05, 4.69) is 26.1 Å². The smallest absolute Gasteiger partial charge is 0.308 e. The Balaban J connectivity index is 2.38. The van der Waals surface area contributed by atoms with Gasteiger partial charge in [-0.25, -0.2) is 0 Å². The molecule has 1 aliphatic rings. The topological polar surface area (TPSA) is 66.4 Å². The quantitative estimate of drug-likeness (QED) is 0.806. The number of hydrogen-bond acceptors (Lipinski definition) is 2. The third kappa shape index (κ3) is 5.62. The number of carboxylic acid groups (broad SMARTS) is 1. The summed E-state index contributed by atoms with van der Waals surface area (Å²) in [5, 5.41) is 11.5. The molecule has 3 atom stereocenters. The van der Waals surface area contributed by atoms with Gasteiger partial charge in [0, 0.05) is 13.0 Å². The lowest BCUT2D eigenvalue weighted by molar-refractivity contribution is -0.141. The van der Waals surface area contributed by atoms with Crippen molar-refractivity contribution in [3.63, 3.8) is 0 Å². The predicted octanol–water partition coefficient (Wildman–Crippen LogP) is 2.68. The fraction of sp³-hybridized carbons (Fsp3) is 0.867. The van der Waals surface area contributed by atoms with Crippen LogP contribution in [0.5, 0.6) is 0 Å². The SMILES string of the molecule is CC1CC(CC(=O)NCC(C)C(=O)O)CC(C)(C)C1. The Kier molecular flexibility index (Phi) is 5.39. The number of carbonyl (C=O) groups excluding carboxylic acids is 1. The van der Waals surface area contributed by atoms with E-state index in [1.165, 1.54) is 6.42 Å². The second-order valence-corrected chi connectivity index (χ2v) is 7.03. The van der Waals surface area contributed by atoms with E-state index in [0.717, 1.165) is 12.8 Å². The lowest BCUT2D eigenvalue weighted by Gasteiger charge is -2.38. The van der Waals surface area contributed by atoms with E-state index in [1.807, 2.05) is 0 Å². The highest BCUT2D eigenvalue weighted by atomic mass is 16.4. The van der Waals surface area contributed by atoms with Crippen LogP contribution in [0.15, 0.2) is 0 Å². The Morgan fingerprint density at radius 3 is 2.53 bits per heavy atom. The molecular weight excluding hydrogens is 242 g/mol. The van der Waals surface area contributed by atoms with Gasteiger partial charge in [-0.15, -0.1) is 0 Å². The Labute approximate surface area is 116 Å². The molecule has 1 aliphatic carbocycles. The highest BCUT2D eigenvalue weighted by molar-refractivity contribution is 5.77. The van der Waals surface area contributed by atoms with E-state index in [9.17, 15) is 9.59 Å². The summed E-state index contributed by atoms with van der Waals surface area (Å²) < 4.78 is 0. The van der Waals surface area contributed by atoms with Crippen molar-refractivity contribution < 1.29 is 14.7 Å². The summed E-state index contributed by atoms with van der Waals surface area (Å²) in [6.45, 7) is 8.60. The van der Waals surface area contributed by atoms with Gasteiger partial charge >= 0.3 is 5.97 Å². The van der Waals surface area contributed by atoms with Crippen molar-refractivity contribution in [3.8, 4) is 0 Å². The number of aliphatic carboxylic acids is 1. The molecule has 1 amide bonds. The average Bonchev–Trinajstić information content (AvgIpc) is 2.22. The van der Waals surface area contributed by atoms with Crippen LogP contribution in [0.25, 0.3) is 0 Å². The zero-order valence-corrected chi connectivity index (χ0v) is 12.5. The molecule has 0 radical (unpaired) electrons. The van der Waals surface area contributed by atoms with Crippen molar-refractivity contribution in [1.82, 2.24) is 5.32 Å². The van der Waals surface area contributed by atoms with Crippen LogP contribution in [0, 0.1) is 23.2 Å². The van der Waals surface area contributed by atoms with Gasteiger partial charge in [-0.3, -0.25) is 9.59 Å². The van der Waals surface area contributed by atoms with Crippen LogP contribution in [0.4, 0.5) is 0 Å². The van der Waals surface area contributed by atoms with Gasteiger partial charge in [0.15, 0.2) is 0 Å². The Hall–Kier alpha value is -1.06. The summed E-state index contributed by atoms with van der Waals surface area (Å²) in [6.07, 6.45) is 3.94. The van der Waals surface area contributed by atoms with Gasteiger partial charge in [-0.2, -0.15) is 0 Å². The summed E-state index contributed by atoms with van der Waals surface area (Å²) in [5.41, 5.74) is 0.316. The Bertz CT molecular complexity index is 338. The first-order valence-corrected chi connectivity index (χ1v) is 7.19. The lowest BCUT2D eigenvalue weighted by atomic mass is 9.67. The first-order valence-electron chi connectivity index (χ1n) is 7.19. The molecule has 0 aromatic rings. The first-order chi connectivity index (χ1) is 8.69. The van der Waals surface area contributed by atoms with Crippen LogP contribution >= 0.6 is 0 Å². The molecule has 19 heavy (non-hydrogen) atoms. The normalized spacial score (nSPS) is 27.6. The maximum Gasteiger partial charge on any atom is 0.308 e. The van der Waals surface area contributed by atoms with Crippen molar-refractivity contribution in [2.24, 2.45) is 23.2 Å². The standard InChI is InChI=1S/C15H27NO3/c1-10-5-12(8-15(3,4)7-10)6-13(17)16-9-11(2)14(18)19/h10-12H,5-9H2,1-4H3,(H,16,17)(H,18,19). The summed E-state index contributed by atoms with van der Waals surface area (Å²) >= 11 is 0. The fourth-order valence-corrected chi connectivity index (χ4v) is 3.39. The molecule has 1 fully saturated rings. The van der Waals surface area contributed by atoms with Crippen LogP contribution in [-0.2, 0) is 9.59 Å². The van der Waals surface area contributed by atoms with Crippen molar-refractivity contribution in [2.75, 3.05) is 6.54 Å². The molecule has 2 N–H and O–H groups in total. The number of hydrogen-bond donors (Lipinski definition) is 2. The van der Waals surface area contributed by atoms with Gasteiger partial charge in [0.2, 0.25) is 5.91 Å². The number of nitrogens with one attached hydrogen (secondary N) is 1. The van der Waals surface area contributed by atoms with Gasteiger partial charge in [-0.05, 0) is 36.5 Å². The van der Waals surface area contributed by atoms with Gasteiger partial charge < -0.3 is 10.4 Å². The molecule has 4 nitrogen and oxygen atoms in total. The molecule has 0 bridgehead atoms. The molecule has 0 aromatic heterocycles. The van der Waals surface area contributed by atoms with E-state index in [4.69, 9.17) is 5.11 Å². The van der Waals surface area contributed by atoms with E-state index in [0.29, 0.717) is 23.7 Å². The van der Waals surface area contributed by atoms with E-state index < -0.39 is 11.9 Å². The third-order valence-corrected chi connectivity index (χ3v) is 3.98. The minimum absolute atomic E-state index is 0.0111. The summed E-state index contributed by atoms with van der Waals surface area (Å²) in [7, 11) is 0. The molecule has 0 aromatic carbocycles. The maximum absolute atomic E-state index is 11.9. The monoisotopic (exact) mass is 269 g/mol. The van der Waals surface area contributed by atoms with Crippen LogP contribution in [0.1, 0.15) is 53.4 Å². The molecule has 0 aliphatic heterocycles. The molecule has 1 saturated carbocycles. The molecule has 110 valence electrons. The molecule has 0 saturated heterocycles. The molecule has 3 unspecified atom stereocenters. The molecule has 0 heterocycles. The summed E-state index contributed by atoms with van der Waals surface area (Å²) in [5.74, 6) is -0.306. The third-order valence-electron chi connectivity index (χ3n) is 3.98. The molecular formula is C15H27NO3. The zero-order valence-electron chi connectivity index (χ0n) is 12.5. The number of amides is 1. The van der Waals surface area contributed by atoms with Crippen LogP contribution < -0.4 is 5.32 Å². The Morgan fingerprint density at radius 1 is 1.37 bits per heavy atom. The highest BCUT2D eigenvalue weighted by Gasteiger charge is 2.32. The Morgan fingerprint density at radius 2 is 2.00 bits per heavy atom. The first kappa shape index (κ1) is 16.0. The van der Waals surface area contributed by atoms with Gasteiger partial charge in [0.05, 0.1) is 5.92 Å². The van der Waals surface area contributed by atoms with Crippen molar-refractivity contribution >= 4 is 11.9 Å². The van der Waals surface area contributed by atoms with Gasteiger partial charge in [0.25, 0.3) is 0 Å². The number of carbonyl (C=O) groups is 2. The lowest BCUT2D eigenvalue weighted by Crippen LogP contribution is -2.35. The molecule has 4 heteroatoms. The zero-order chi connectivity index (χ0) is 14.6. The van der Waals surface area contributed by atoms with E-state index >= 15 is 0 Å². The maximum atomic E-state index is 11.9. The number of carboxylic acids is 1. The molecule has 0 spiro atoms. The van der Waals surface area contributed by atoms with E-state index in [-0.39, 0.29) is 12.5 Å². The second kappa shape index (κ2) is 6.40. The van der Waals surface area contributed by atoms with E-state index in [1.54, 1.807) is 6.92 Å². The predicted molar refractivity (Wildman–Crippen MR) is 74.7 cm³/mol. The van der Waals surface area contributed by atoms with Gasteiger partial charge in [-0.1, -0.05) is 27.7 Å². The minimum atomic E-state index is -0.868. The number of rotatable bonds is 5. The minimum Gasteiger partial charge on any atom is -0.481 e. The average molecular weight is 269 g/mol. The van der Waals surface area contributed by atoms with Crippen LogP contribution in [-0.4, -0.2) is 23.5 Å². The van der Waals surface area contributed by atoms with Crippen molar-refractivity contribution in [3.05, 3.63) is 0 Å². The van der Waals surface area contributed by atoms with Crippen molar-refractivity contribution in [2.45, 2.75) is 53.4 Å². The van der Waals surface area contributed by atoms with Crippen LogP contribution in [0.3, 0.4) is 0 Å². The van der Waals surface area contributed by atoms with Crippen LogP contribution in [0.2, 0.25) is 0 Å². The van der Waals surface area contributed by atoms with Crippen molar-refractivity contribution in [1.29, 1.82) is 0 Å². The highest BCUT2D eigenvalue weighted by Crippen LogP contribution is 2.42. The summed E-state index contributed by atoms with van der Waals surface area (Å²) in [4.78, 5) is 22.5.